The molecule has 13 heavy (non-hydrogen) atoms. The second-order valence-corrected chi connectivity index (χ2v) is 3.25. The number of hydrogen-bond acceptors (Lipinski definition) is 2. The molecule has 0 amide bonds. The largest absolute Gasteiger partial charge is 0.372 e. The van der Waals surface area contributed by atoms with Gasteiger partial charge in [0, 0.05) is 13.2 Å². The van der Waals surface area contributed by atoms with Gasteiger partial charge in [-0.25, -0.2) is 0 Å². The molecule has 2 rings (SSSR count). The summed E-state index contributed by atoms with van der Waals surface area (Å²) in [7, 11) is 0. The van der Waals surface area contributed by atoms with Gasteiger partial charge < -0.3 is 10.1 Å². The lowest BCUT2D eigenvalue weighted by atomic mass is 10.1. The third-order valence-electron chi connectivity index (χ3n) is 2.26. The molecule has 1 saturated heterocycles. The first-order valence-corrected chi connectivity index (χ1v) is 4.75. The van der Waals surface area contributed by atoms with E-state index in [4.69, 9.17) is 6.11 Å². The van der Waals surface area contributed by atoms with Crippen molar-refractivity contribution in [3.8, 4) is 0 Å². The number of ether oxygens (including phenoxy) is 1. The van der Waals surface area contributed by atoms with Crippen LogP contribution in [0.1, 0.15) is 19.5 Å². The molecule has 0 aliphatic carbocycles. The van der Waals surface area contributed by atoms with Gasteiger partial charge in [-0.2, -0.15) is 0 Å². The Bertz CT molecular complexity index is 278. The summed E-state index contributed by atoms with van der Waals surface area (Å²) < 4.78 is 13.1. The predicted octanol–water partition coefficient (Wildman–Crippen LogP) is 1.74. The number of nitrogens with one attached hydrogen (secondary N) is 1. The molecule has 0 unspecified atom stereocenters. The summed E-state index contributed by atoms with van der Waals surface area (Å²) in [5, 5.41) is 3.34. The Morgan fingerprint density at radius 1 is 1.46 bits per heavy atom. The van der Waals surface area contributed by atoms with Crippen LogP contribution in [0.25, 0.3) is 0 Å². The third-order valence-corrected chi connectivity index (χ3v) is 2.26. The molecule has 1 fully saturated rings. The molecule has 0 spiro atoms. The van der Waals surface area contributed by atoms with Gasteiger partial charge in [0.15, 0.2) is 0 Å². The molecular formula is C11H15NO. The van der Waals surface area contributed by atoms with Gasteiger partial charge >= 0.3 is 0 Å². The highest BCUT2D eigenvalue weighted by molar-refractivity contribution is 5.18. The van der Waals surface area contributed by atoms with Crippen molar-refractivity contribution in [2.45, 2.75) is 12.5 Å². The van der Waals surface area contributed by atoms with Gasteiger partial charge in [0.2, 0.25) is 0 Å². The van der Waals surface area contributed by atoms with Crippen molar-refractivity contribution in [2.75, 3.05) is 19.7 Å². The summed E-state index contributed by atoms with van der Waals surface area (Å²) in [5.41, 5.74) is 1.16. The van der Waals surface area contributed by atoms with Crippen LogP contribution in [0.2, 0.25) is 0 Å². The summed E-state index contributed by atoms with van der Waals surface area (Å²) >= 11 is 0. The Kier molecular flexibility index (Phi) is 2.55. The zero-order chi connectivity index (χ0) is 9.80. The first kappa shape index (κ1) is 7.54. The van der Waals surface area contributed by atoms with E-state index in [9.17, 15) is 0 Å². The minimum Gasteiger partial charge on any atom is -0.372 e. The fourth-order valence-electron chi connectivity index (χ4n) is 1.54. The average Bonchev–Trinajstić information content (AvgIpc) is 2.47. The van der Waals surface area contributed by atoms with Crippen LogP contribution in [0.3, 0.4) is 0 Å². The van der Waals surface area contributed by atoms with E-state index in [-0.39, 0.29) is 6.10 Å². The van der Waals surface area contributed by atoms with Crippen LogP contribution in [0, 0.1) is 0 Å². The van der Waals surface area contributed by atoms with Gasteiger partial charge in [0.25, 0.3) is 0 Å². The summed E-state index contributed by atoms with van der Waals surface area (Å²) in [5.74, 6) is 0. The van der Waals surface area contributed by atoms with E-state index in [1.165, 1.54) is 0 Å². The molecule has 0 radical (unpaired) electrons. The van der Waals surface area contributed by atoms with Gasteiger partial charge in [-0.3, -0.25) is 0 Å². The van der Waals surface area contributed by atoms with Crippen LogP contribution in [-0.2, 0) is 4.74 Å². The van der Waals surface area contributed by atoms with Crippen molar-refractivity contribution < 1.29 is 6.11 Å². The quantitative estimate of drug-likeness (QED) is 0.707. The van der Waals surface area contributed by atoms with Crippen molar-refractivity contribution in [1.29, 1.82) is 0 Å². The van der Waals surface area contributed by atoms with E-state index in [1.807, 2.05) is 24.3 Å². The SMILES string of the molecule is [2H]c1ccc([C@H]2CNCCCO2)cc1. The minimum atomic E-state index is 0.151. The topological polar surface area (TPSA) is 21.3 Å². The van der Waals surface area contributed by atoms with Crippen LogP contribution in [0.4, 0.5) is 0 Å². The van der Waals surface area contributed by atoms with E-state index in [0.29, 0.717) is 6.04 Å². The van der Waals surface area contributed by atoms with Gasteiger partial charge in [-0.15, -0.1) is 0 Å². The Labute approximate surface area is 80.3 Å². The molecule has 1 aliphatic heterocycles. The molecule has 1 atom stereocenters. The van der Waals surface area contributed by atoms with E-state index < -0.39 is 0 Å². The van der Waals surface area contributed by atoms with E-state index >= 15 is 0 Å². The fraction of sp³-hybridized carbons (Fsp3) is 0.455. The molecule has 0 aromatic heterocycles. The normalized spacial score (nSPS) is 24.9. The lowest BCUT2D eigenvalue weighted by Crippen LogP contribution is -2.19. The van der Waals surface area contributed by atoms with Crippen LogP contribution in [-0.4, -0.2) is 19.7 Å². The first-order valence-electron chi connectivity index (χ1n) is 5.25. The highest BCUT2D eigenvalue weighted by Gasteiger charge is 2.13. The zero-order valence-corrected chi connectivity index (χ0v) is 7.62. The molecular weight excluding hydrogens is 162 g/mol. The molecule has 1 N–H and O–H groups in total. The summed E-state index contributed by atoms with van der Waals surface area (Å²) in [4.78, 5) is 0. The van der Waals surface area contributed by atoms with E-state index in [1.54, 1.807) is 0 Å². The molecule has 1 aromatic rings. The number of benzene rings is 1. The standard InChI is InChI=1S/C11H15NO/c1-2-5-10(6-3-1)11-9-12-7-4-8-13-11/h1-3,5-6,11-12H,4,7-9H2/t11-/m1/s1/i1D. The average molecular weight is 178 g/mol. The molecule has 0 saturated carbocycles. The molecule has 2 heteroatoms. The molecule has 1 aromatic carbocycles. The van der Waals surface area contributed by atoms with Crippen LogP contribution in [0.15, 0.2) is 30.3 Å². The zero-order valence-electron chi connectivity index (χ0n) is 8.62. The minimum absolute atomic E-state index is 0.151. The smallest absolute Gasteiger partial charge is 0.0949 e. The van der Waals surface area contributed by atoms with Gasteiger partial charge in [-0.05, 0) is 18.5 Å². The Balaban J connectivity index is 2.08. The maximum atomic E-state index is 7.39. The summed E-state index contributed by atoms with van der Waals surface area (Å²) in [6, 6.07) is 8.11. The first-order chi connectivity index (χ1) is 6.86. The summed E-state index contributed by atoms with van der Waals surface area (Å²) in [6.07, 6.45) is 1.23. The van der Waals surface area contributed by atoms with Crippen molar-refractivity contribution >= 4 is 0 Å². The number of rotatable bonds is 1. The lowest BCUT2D eigenvalue weighted by molar-refractivity contribution is 0.0669. The Hall–Kier alpha value is -0.860. The monoisotopic (exact) mass is 178 g/mol. The van der Waals surface area contributed by atoms with Crippen LogP contribution >= 0.6 is 0 Å². The van der Waals surface area contributed by atoms with Gasteiger partial charge in [0.05, 0.1) is 7.47 Å². The third kappa shape index (κ3) is 2.29. The predicted molar refractivity (Wildman–Crippen MR) is 52.6 cm³/mol. The van der Waals surface area contributed by atoms with Crippen molar-refractivity contribution in [3.05, 3.63) is 35.9 Å². The molecule has 1 aliphatic rings. The molecule has 1 heterocycles. The van der Waals surface area contributed by atoms with Crippen molar-refractivity contribution in [3.63, 3.8) is 0 Å². The lowest BCUT2D eigenvalue weighted by Gasteiger charge is -2.14. The van der Waals surface area contributed by atoms with Crippen molar-refractivity contribution in [2.24, 2.45) is 0 Å². The second kappa shape index (κ2) is 4.40. The maximum absolute atomic E-state index is 7.39. The number of hydrogen-bond donors (Lipinski definition) is 1. The summed E-state index contributed by atoms with van der Waals surface area (Å²) in [6.45, 7) is 2.73. The molecule has 0 bridgehead atoms. The van der Waals surface area contributed by atoms with Crippen LogP contribution < -0.4 is 5.32 Å². The Morgan fingerprint density at radius 3 is 3.15 bits per heavy atom. The van der Waals surface area contributed by atoms with E-state index in [2.05, 4.69) is 5.32 Å². The maximum Gasteiger partial charge on any atom is 0.0949 e. The van der Waals surface area contributed by atoms with Gasteiger partial charge in [-0.1, -0.05) is 30.3 Å². The fourth-order valence-corrected chi connectivity index (χ4v) is 1.54. The van der Waals surface area contributed by atoms with E-state index in [0.717, 1.165) is 31.7 Å². The van der Waals surface area contributed by atoms with Crippen molar-refractivity contribution in [1.82, 2.24) is 5.32 Å². The Morgan fingerprint density at radius 2 is 2.31 bits per heavy atom. The van der Waals surface area contributed by atoms with Crippen LogP contribution in [0.5, 0.6) is 0 Å². The van der Waals surface area contributed by atoms with Gasteiger partial charge in [0.1, 0.15) is 0 Å². The molecule has 2 nitrogen and oxygen atoms in total. The highest BCUT2D eigenvalue weighted by atomic mass is 16.5. The highest BCUT2D eigenvalue weighted by Crippen LogP contribution is 2.17. The second-order valence-electron chi connectivity index (χ2n) is 3.25. The molecule has 70 valence electrons.